The van der Waals surface area contributed by atoms with Crippen LogP contribution in [-0.2, 0) is 26.1 Å². The summed E-state index contributed by atoms with van der Waals surface area (Å²) in [5.41, 5.74) is 1.51. The summed E-state index contributed by atoms with van der Waals surface area (Å²) in [5.74, 6) is -0.176. The minimum absolute atomic E-state index is 0.172. The number of benzene rings is 1. The highest BCUT2D eigenvalue weighted by atomic mass is 32.2. The van der Waals surface area contributed by atoms with Gasteiger partial charge in [-0.2, -0.15) is 0 Å². The van der Waals surface area contributed by atoms with E-state index in [1.807, 2.05) is 18.2 Å². The predicted molar refractivity (Wildman–Crippen MR) is 103 cm³/mol. The first kappa shape index (κ1) is 20.8. The van der Waals surface area contributed by atoms with Crippen molar-refractivity contribution in [1.29, 1.82) is 0 Å². The summed E-state index contributed by atoms with van der Waals surface area (Å²) >= 11 is 0. The van der Waals surface area contributed by atoms with Gasteiger partial charge in [0.2, 0.25) is 15.9 Å². The van der Waals surface area contributed by atoms with Crippen molar-refractivity contribution in [2.75, 3.05) is 27.3 Å². The first-order chi connectivity index (χ1) is 13.0. The van der Waals surface area contributed by atoms with E-state index < -0.39 is 10.0 Å². The largest absolute Gasteiger partial charge is 0.383 e. The molecule has 144 valence electrons. The molecule has 0 fully saturated rings. The topological polar surface area (TPSA) is 88.6 Å². The Morgan fingerprint density at radius 3 is 2.56 bits per heavy atom. The van der Waals surface area contributed by atoms with Crippen LogP contribution in [0.15, 0.2) is 59.6 Å². The lowest BCUT2D eigenvalue weighted by atomic mass is 10.2. The summed E-state index contributed by atoms with van der Waals surface area (Å²) in [4.78, 5) is 18.6. The number of carbonyl (C=O) groups excluding carboxylic acids is 1. The SMILES string of the molecule is CNS(=O)(=O)c1ccc(/C=C/C(=O)N(CCOC)Cc2ccccn2)cc1. The van der Waals surface area contributed by atoms with E-state index in [0.29, 0.717) is 19.7 Å². The lowest BCUT2D eigenvalue weighted by Crippen LogP contribution is -2.32. The number of ether oxygens (including phenoxy) is 1. The van der Waals surface area contributed by atoms with Crippen LogP contribution in [0, 0.1) is 0 Å². The molecule has 1 N–H and O–H groups in total. The number of hydrogen-bond acceptors (Lipinski definition) is 5. The Bertz CT molecular complexity index is 866. The lowest BCUT2D eigenvalue weighted by Gasteiger charge is -2.20. The molecule has 0 aliphatic heterocycles. The molecule has 27 heavy (non-hydrogen) atoms. The van der Waals surface area contributed by atoms with Crippen molar-refractivity contribution < 1.29 is 17.9 Å². The number of carbonyl (C=O) groups is 1. The summed E-state index contributed by atoms with van der Waals surface area (Å²) in [6, 6.07) is 11.8. The van der Waals surface area contributed by atoms with Gasteiger partial charge in [0.05, 0.1) is 23.7 Å². The Hall–Kier alpha value is -2.55. The molecule has 0 unspecified atom stereocenters. The summed E-state index contributed by atoms with van der Waals surface area (Å²) in [7, 11) is -0.532. The average molecular weight is 389 g/mol. The van der Waals surface area contributed by atoms with Crippen LogP contribution < -0.4 is 4.72 Å². The Morgan fingerprint density at radius 1 is 1.22 bits per heavy atom. The number of amides is 1. The monoisotopic (exact) mass is 389 g/mol. The molecule has 0 aliphatic carbocycles. The Kier molecular flexibility index (Phi) is 7.66. The Balaban J connectivity index is 2.09. The van der Waals surface area contributed by atoms with E-state index in [-0.39, 0.29) is 10.8 Å². The van der Waals surface area contributed by atoms with E-state index in [0.717, 1.165) is 11.3 Å². The predicted octanol–water partition coefficient (Wildman–Crippen LogP) is 1.68. The molecule has 0 radical (unpaired) electrons. The third-order valence-electron chi connectivity index (χ3n) is 3.83. The number of nitrogens with zero attached hydrogens (tertiary/aromatic N) is 2. The molecular formula is C19H23N3O4S. The third kappa shape index (κ3) is 6.28. The molecular weight excluding hydrogens is 366 g/mol. The van der Waals surface area contributed by atoms with Gasteiger partial charge in [-0.05, 0) is 43.0 Å². The van der Waals surface area contributed by atoms with Gasteiger partial charge in [0.25, 0.3) is 0 Å². The fraction of sp³-hybridized carbons (Fsp3) is 0.263. The number of rotatable bonds is 9. The second-order valence-corrected chi connectivity index (χ2v) is 7.57. The first-order valence-corrected chi connectivity index (χ1v) is 9.84. The van der Waals surface area contributed by atoms with Crippen LogP contribution in [0.25, 0.3) is 6.08 Å². The molecule has 1 aromatic carbocycles. The van der Waals surface area contributed by atoms with Crippen LogP contribution in [0.2, 0.25) is 0 Å². The maximum atomic E-state index is 12.5. The van der Waals surface area contributed by atoms with E-state index in [4.69, 9.17) is 4.74 Å². The van der Waals surface area contributed by atoms with Crippen LogP contribution in [-0.4, -0.2) is 51.5 Å². The highest BCUT2D eigenvalue weighted by Crippen LogP contribution is 2.12. The number of aromatic nitrogens is 1. The lowest BCUT2D eigenvalue weighted by molar-refractivity contribution is -0.127. The van der Waals surface area contributed by atoms with Crippen LogP contribution >= 0.6 is 0 Å². The second kappa shape index (κ2) is 9.96. The number of methoxy groups -OCH3 is 1. The molecule has 0 spiro atoms. The molecule has 0 aliphatic rings. The summed E-state index contributed by atoms with van der Waals surface area (Å²) in [6.45, 7) is 1.24. The average Bonchev–Trinajstić information content (AvgIpc) is 2.70. The van der Waals surface area contributed by atoms with Crippen LogP contribution in [0.1, 0.15) is 11.3 Å². The molecule has 1 aromatic heterocycles. The van der Waals surface area contributed by atoms with Crippen LogP contribution in [0.5, 0.6) is 0 Å². The number of sulfonamides is 1. The molecule has 0 saturated heterocycles. The van der Waals surface area contributed by atoms with Crippen LogP contribution in [0.4, 0.5) is 0 Å². The van der Waals surface area contributed by atoms with Gasteiger partial charge in [0.1, 0.15) is 0 Å². The molecule has 2 rings (SSSR count). The van der Waals surface area contributed by atoms with E-state index in [9.17, 15) is 13.2 Å². The van der Waals surface area contributed by atoms with Gasteiger partial charge < -0.3 is 9.64 Å². The Labute approximate surface area is 159 Å². The van der Waals surface area contributed by atoms with Gasteiger partial charge >= 0.3 is 0 Å². The molecule has 0 atom stereocenters. The number of pyridine rings is 1. The van der Waals surface area contributed by atoms with Gasteiger partial charge in [0, 0.05) is 25.9 Å². The van der Waals surface area contributed by atoms with Crippen molar-refractivity contribution in [3.05, 3.63) is 66.0 Å². The quantitative estimate of drug-likeness (QED) is 0.659. The van der Waals surface area contributed by atoms with Gasteiger partial charge in [-0.1, -0.05) is 18.2 Å². The van der Waals surface area contributed by atoms with Crippen molar-refractivity contribution in [3.8, 4) is 0 Å². The first-order valence-electron chi connectivity index (χ1n) is 8.35. The van der Waals surface area contributed by atoms with Crippen molar-refractivity contribution >= 4 is 22.0 Å². The molecule has 7 nitrogen and oxygen atoms in total. The maximum Gasteiger partial charge on any atom is 0.247 e. The standard InChI is InChI=1S/C19H23N3O4S/c1-20-27(24,25)18-9-6-16(7-10-18)8-11-19(23)22(13-14-26-2)15-17-5-3-4-12-21-17/h3-12,20H,13-15H2,1-2H3/b11-8+. The highest BCUT2D eigenvalue weighted by molar-refractivity contribution is 7.89. The molecule has 1 heterocycles. The zero-order chi connectivity index (χ0) is 19.7. The molecule has 0 bridgehead atoms. The highest BCUT2D eigenvalue weighted by Gasteiger charge is 2.12. The smallest absolute Gasteiger partial charge is 0.247 e. The van der Waals surface area contributed by atoms with E-state index in [1.165, 1.54) is 25.3 Å². The van der Waals surface area contributed by atoms with E-state index in [1.54, 1.807) is 36.4 Å². The fourth-order valence-corrected chi connectivity index (χ4v) is 3.03. The normalized spacial score (nSPS) is 11.6. The maximum absolute atomic E-state index is 12.5. The van der Waals surface area contributed by atoms with Gasteiger partial charge in [-0.3, -0.25) is 9.78 Å². The van der Waals surface area contributed by atoms with Gasteiger partial charge in [-0.15, -0.1) is 0 Å². The van der Waals surface area contributed by atoms with Gasteiger partial charge in [0.15, 0.2) is 0 Å². The van der Waals surface area contributed by atoms with Gasteiger partial charge in [-0.25, -0.2) is 13.1 Å². The van der Waals surface area contributed by atoms with Crippen molar-refractivity contribution in [2.24, 2.45) is 0 Å². The van der Waals surface area contributed by atoms with E-state index >= 15 is 0 Å². The van der Waals surface area contributed by atoms with E-state index in [2.05, 4.69) is 9.71 Å². The minimum atomic E-state index is -3.47. The molecule has 1 amide bonds. The van der Waals surface area contributed by atoms with Crippen molar-refractivity contribution in [1.82, 2.24) is 14.6 Å². The summed E-state index contributed by atoms with van der Waals surface area (Å²) in [5, 5.41) is 0. The van der Waals surface area contributed by atoms with Crippen molar-refractivity contribution in [3.63, 3.8) is 0 Å². The van der Waals surface area contributed by atoms with Crippen LogP contribution in [0.3, 0.4) is 0 Å². The Morgan fingerprint density at radius 2 is 1.96 bits per heavy atom. The number of hydrogen-bond donors (Lipinski definition) is 1. The zero-order valence-electron chi connectivity index (χ0n) is 15.3. The molecule has 0 saturated carbocycles. The minimum Gasteiger partial charge on any atom is -0.383 e. The molecule has 8 heteroatoms. The summed E-state index contributed by atoms with van der Waals surface area (Å²) < 4.78 is 30.8. The van der Waals surface area contributed by atoms with Crippen molar-refractivity contribution in [2.45, 2.75) is 11.4 Å². The zero-order valence-corrected chi connectivity index (χ0v) is 16.1. The number of nitrogens with one attached hydrogen (secondary N) is 1. The second-order valence-electron chi connectivity index (χ2n) is 5.68. The fourth-order valence-electron chi connectivity index (χ4n) is 2.30. The third-order valence-corrected chi connectivity index (χ3v) is 5.26. The molecule has 2 aromatic rings. The summed E-state index contributed by atoms with van der Waals surface area (Å²) in [6.07, 6.45) is 4.79.